The van der Waals surface area contributed by atoms with Crippen molar-refractivity contribution >= 4 is 0 Å². The van der Waals surface area contributed by atoms with Crippen LogP contribution in [-0.2, 0) is 0 Å². The van der Waals surface area contributed by atoms with Gasteiger partial charge >= 0.3 is 0 Å². The molecule has 1 saturated carbocycles. The molecule has 1 heterocycles. The Morgan fingerprint density at radius 3 is 2.28 bits per heavy atom. The Balaban J connectivity index is 1.71. The van der Waals surface area contributed by atoms with Gasteiger partial charge in [-0.1, -0.05) is 37.3 Å². The van der Waals surface area contributed by atoms with E-state index < -0.39 is 17.7 Å². The van der Waals surface area contributed by atoms with E-state index in [1.807, 2.05) is 12.1 Å². The highest BCUT2D eigenvalue weighted by Gasteiger charge is 2.20. The Bertz CT molecular complexity index is 794. The topological polar surface area (TPSA) is 12.9 Å². The number of pyridine rings is 1. The van der Waals surface area contributed by atoms with Crippen molar-refractivity contribution in [1.29, 1.82) is 0 Å². The number of halogens is 3. The lowest BCUT2D eigenvalue weighted by atomic mass is 9.78. The number of aromatic nitrogens is 1. The maximum Gasteiger partial charge on any atom is 0.251 e. The maximum absolute atomic E-state index is 13.5. The number of hydrogen-bond acceptors (Lipinski definition) is 1. The average molecular weight is 343 g/mol. The van der Waals surface area contributed by atoms with Gasteiger partial charge in [0.05, 0.1) is 5.56 Å². The molecule has 0 bridgehead atoms. The fourth-order valence-electron chi connectivity index (χ4n) is 3.42. The van der Waals surface area contributed by atoms with Crippen molar-refractivity contribution in [2.24, 2.45) is 5.92 Å². The molecule has 3 rings (SSSR count). The lowest BCUT2D eigenvalue weighted by molar-refractivity contribution is 0.319. The van der Waals surface area contributed by atoms with Crippen LogP contribution in [0.2, 0.25) is 0 Å². The normalized spacial score (nSPS) is 20.0. The van der Waals surface area contributed by atoms with Crippen LogP contribution in [0.3, 0.4) is 0 Å². The molecule has 0 aliphatic heterocycles. The first kappa shape index (κ1) is 17.5. The van der Waals surface area contributed by atoms with Crippen molar-refractivity contribution in [2.75, 3.05) is 0 Å². The molecular formula is C21H20F3N. The predicted molar refractivity (Wildman–Crippen MR) is 91.5 cm³/mol. The molecule has 2 aromatic rings. The third kappa shape index (κ3) is 4.22. The van der Waals surface area contributed by atoms with Crippen LogP contribution in [0.15, 0.2) is 30.3 Å². The Kier molecular flexibility index (Phi) is 5.43. The summed E-state index contributed by atoms with van der Waals surface area (Å²) < 4.78 is 39.4. The standard InChI is InChI=1S/C21H20F3N/c1-2-14-3-8-16(9-4-14)17-10-5-15(6-11-17)7-12-18-13-19(22)21(24)25-20(18)23/h5-6,10-11,13-14,16H,2-4,8-9H2,1H3. The van der Waals surface area contributed by atoms with Crippen molar-refractivity contribution < 1.29 is 13.2 Å². The van der Waals surface area contributed by atoms with E-state index in [4.69, 9.17) is 0 Å². The second-order valence-electron chi connectivity index (χ2n) is 6.60. The van der Waals surface area contributed by atoms with E-state index >= 15 is 0 Å². The molecule has 1 aliphatic carbocycles. The van der Waals surface area contributed by atoms with E-state index in [-0.39, 0.29) is 5.56 Å². The maximum atomic E-state index is 13.5. The monoisotopic (exact) mass is 343 g/mol. The molecule has 4 heteroatoms. The SMILES string of the molecule is CCC1CCC(c2ccc(C#Cc3cc(F)c(F)nc3F)cc2)CC1. The van der Waals surface area contributed by atoms with Gasteiger partial charge < -0.3 is 0 Å². The Labute approximate surface area is 146 Å². The van der Waals surface area contributed by atoms with Crippen LogP contribution in [0.25, 0.3) is 0 Å². The van der Waals surface area contributed by atoms with Crippen LogP contribution < -0.4 is 0 Å². The molecular weight excluding hydrogens is 323 g/mol. The second kappa shape index (κ2) is 7.74. The highest BCUT2D eigenvalue weighted by molar-refractivity contribution is 5.43. The van der Waals surface area contributed by atoms with Crippen molar-refractivity contribution in [2.45, 2.75) is 44.9 Å². The van der Waals surface area contributed by atoms with Gasteiger partial charge in [-0.2, -0.15) is 13.8 Å². The molecule has 0 radical (unpaired) electrons. The zero-order valence-electron chi connectivity index (χ0n) is 14.2. The van der Waals surface area contributed by atoms with E-state index in [1.54, 1.807) is 0 Å². The van der Waals surface area contributed by atoms with Crippen molar-refractivity contribution in [3.8, 4) is 11.8 Å². The van der Waals surface area contributed by atoms with E-state index in [0.29, 0.717) is 11.5 Å². The summed E-state index contributed by atoms with van der Waals surface area (Å²) in [5.41, 5.74) is 1.76. The minimum atomic E-state index is -1.45. The van der Waals surface area contributed by atoms with Gasteiger partial charge in [-0.15, -0.1) is 0 Å². The highest BCUT2D eigenvalue weighted by atomic mass is 19.2. The Morgan fingerprint density at radius 1 is 0.960 bits per heavy atom. The van der Waals surface area contributed by atoms with E-state index in [2.05, 4.69) is 35.9 Å². The van der Waals surface area contributed by atoms with Gasteiger partial charge in [-0.05, 0) is 61.3 Å². The molecule has 1 nitrogen and oxygen atoms in total. The first-order valence-corrected chi connectivity index (χ1v) is 8.70. The molecule has 0 N–H and O–H groups in total. The first-order valence-electron chi connectivity index (χ1n) is 8.70. The molecule has 130 valence electrons. The van der Waals surface area contributed by atoms with Gasteiger partial charge in [0, 0.05) is 5.56 Å². The quantitative estimate of drug-likeness (QED) is 0.512. The van der Waals surface area contributed by atoms with E-state index in [9.17, 15) is 13.2 Å². The largest absolute Gasteiger partial charge is 0.251 e. The number of rotatable bonds is 2. The number of nitrogens with zero attached hydrogens (tertiary/aromatic N) is 1. The summed E-state index contributed by atoms with van der Waals surface area (Å²) >= 11 is 0. The van der Waals surface area contributed by atoms with Crippen LogP contribution >= 0.6 is 0 Å². The van der Waals surface area contributed by atoms with E-state index in [1.165, 1.54) is 37.7 Å². The molecule has 0 unspecified atom stereocenters. The summed E-state index contributed by atoms with van der Waals surface area (Å²) in [7, 11) is 0. The van der Waals surface area contributed by atoms with Gasteiger partial charge in [0.25, 0.3) is 5.95 Å². The minimum Gasteiger partial charge on any atom is -0.202 e. The fraction of sp³-hybridized carbons (Fsp3) is 0.381. The molecule has 0 amide bonds. The number of benzene rings is 1. The van der Waals surface area contributed by atoms with Crippen molar-refractivity contribution in [3.63, 3.8) is 0 Å². The third-order valence-electron chi connectivity index (χ3n) is 5.03. The number of hydrogen-bond donors (Lipinski definition) is 0. The fourth-order valence-corrected chi connectivity index (χ4v) is 3.42. The lowest BCUT2D eigenvalue weighted by Crippen LogP contribution is -2.12. The average Bonchev–Trinajstić information content (AvgIpc) is 2.64. The minimum absolute atomic E-state index is 0.249. The Morgan fingerprint density at radius 2 is 1.64 bits per heavy atom. The smallest absolute Gasteiger partial charge is 0.202 e. The molecule has 0 atom stereocenters. The lowest BCUT2D eigenvalue weighted by Gasteiger charge is -2.28. The first-order chi connectivity index (χ1) is 12.1. The van der Waals surface area contributed by atoms with E-state index in [0.717, 1.165) is 12.0 Å². The van der Waals surface area contributed by atoms with Crippen LogP contribution in [0.5, 0.6) is 0 Å². The summed E-state index contributed by atoms with van der Waals surface area (Å²) in [5, 5.41) is 0. The molecule has 1 fully saturated rings. The van der Waals surface area contributed by atoms with Gasteiger partial charge in [0.15, 0.2) is 5.82 Å². The summed E-state index contributed by atoms with van der Waals surface area (Å²) in [6.07, 6.45) is 6.26. The molecule has 25 heavy (non-hydrogen) atoms. The van der Waals surface area contributed by atoms with Crippen LogP contribution in [-0.4, -0.2) is 4.98 Å². The van der Waals surface area contributed by atoms with Gasteiger partial charge in [-0.25, -0.2) is 4.39 Å². The van der Waals surface area contributed by atoms with Crippen molar-refractivity contribution in [3.05, 3.63) is 64.7 Å². The zero-order valence-corrected chi connectivity index (χ0v) is 14.2. The van der Waals surface area contributed by atoms with Gasteiger partial charge in [0.2, 0.25) is 5.95 Å². The Hall–Kier alpha value is -2.28. The predicted octanol–water partition coefficient (Wildman–Crippen LogP) is 5.58. The van der Waals surface area contributed by atoms with Crippen molar-refractivity contribution in [1.82, 2.24) is 4.98 Å². The third-order valence-corrected chi connectivity index (χ3v) is 5.03. The molecule has 1 aromatic heterocycles. The second-order valence-corrected chi connectivity index (χ2v) is 6.60. The molecule has 1 aromatic carbocycles. The molecule has 0 spiro atoms. The van der Waals surface area contributed by atoms with Crippen LogP contribution in [0, 0.1) is 35.5 Å². The molecule has 1 aliphatic rings. The zero-order chi connectivity index (χ0) is 17.8. The summed E-state index contributed by atoms with van der Waals surface area (Å²) in [6, 6.07) is 8.62. The summed E-state index contributed by atoms with van der Waals surface area (Å²) in [5.74, 6) is 2.99. The van der Waals surface area contributed by atoms with Gasteiger partial charge in [-0.3, -0.25) is 0 Å². The van der Waals surface area contributed by atoms with Crippen LogP contribution in [0.1, 0.15) is 61.6 Å². The van der Waals surface area contributed by atoms with Crippen LogP contribution in [0.4, 0.5) is 13.2 Å². The highest BCUT2D eigenvalue weighted by Crippen LogP contribution is 2.36. The summed E-state index contributed by atoms with van der Waals surface area (Å²) in [4.78, 5) is 2.86. The van der Waals surface area contributed by atoms with Gasteiger partial charge in [0.1, 0.15) is 0 Å². The molecule has 0 saturated heterocycles. The summed E-state index contributed by atoms with van der Waals surface area (Å²) in [6.45, 7) is 2.25.